The van der Waals surface area contributed by atoms with Crippen LogP contribution in [0.3, 0.4) is 0 Å². The van der Waals surface area contributed by atoms with Gasteiger partial charge in [-0.15, -0.1) is 24.0 Å². The minimum absolute atomic E-state index is 0. The van der Waals surface area contributed by atoms with E-state index < -0.39 is 0 Å². The summed E-state index contributed by atoms with van der Waals surface area (Å²) in [5, 5.41) is 9.20. The lowest BCUT2D eigenvalue weighted by Gasteiger charge is -2.13. The predicted molar refractivity (Wildman–Crippen MR) is 116 cm³/mol. The second-order valence-electron chi connectivity index (χ2n) is 6.47. The molecule has 0 unspecified atom stereocenters. The Balaban J connectivity index is 0.00000338. The molecule has 3 N–H and O–H groups in total. The van der Waals surface area contributed by atoms with Gasteiger partial charge in [-0.2, -0.15) is 0 Å². The first-order chi connectivity index (χ1) is 12.1. The molecule has 1 aliphatic rings. The summed E-state index contributed by atoms with van der Waals surface area (Å²) in [7, 11) is 0. The number of benzene rings is 1. The van der Waals surface area contributed by atoms with Crippen LogP contribution in [-0.4, -0.2) is 38.1 Å². The standard InChI is InChI=1S/C19H30N4O2.HI/c1-4-20-19(22-10-9-21-15(3)24)23-12-17-8-5-14(2)11-18(17)25-13-16-6-7-16;/h5,8,11,16H,4,6-7,9-10,12-13H2,1-3H3,(H,21,24)(H2,20,22,23);1H. The molecule has 146 valence electrons. The first-order valence-electron chi connectivity index (χ1n) is 9.07. The molecule has 1 amide bonds. The van der Waals surface area contributed by atoms with Crippen molar-refractivity contribution in [1.29, 1.82) is 0 Å². The third-order valence-corrected chi connectivity index (χ3v) is 3.94. The minimum Gasteiger partial charge on any atom is -0.493 e. The van der Waals surface area contributed by atoms with Crippen molar-refractivity contribution in [2.45, 2.75) is 40.2 Å². The summed E-state index contributed by atoms with van der Waals surface area (Å²) in [6.07, 6.45) is 2.56. The number of halogens is 1. The van der Waals surface area contributed by atoms with E-state index in [0.29, 0.717) is 19.6 Å². The Morgan fingerprint density at radius 2 is 1.96 bits per heavy atom. The van der Waals surface area contributed by atoms with Gasteiger partial charge in [-0.25, -0.2) is 4.99 Å². The molecule has 1 aromatic rings. The first-order valence-corrected chi connectivity index (χ1v) is 9.07. The normalized spacial score (nSPS) is 13.6. The maximum atomic E-state index is 10.9. The number of ether oxygens (including phenoxy) is 1. The van der Waals surface area contributed by atoms with Crippen molar-refractivity contribution in [3.8, 4) is 5.75 Å². The smallest absolute Gasteiger partial charge is 0.216 e. The third kappa shape index (κ3) is 8.73. The van der Waals surface area contributed by atoms with Crippen molar-refractivity contribution < 1.29 is 9.53 Å². The van der Waals surface area contributed by atoms with Crippen LogP contribution in [-0.2, 0) is 11.3 Å². The summed E-state index contributed by atoms with van der Waals surface area (Å²) < 4.78 is 6.00. The first kappa shape index (κ1) is 22.5. The van der Waals surface area contributed by atoms with Gasteiger partial charge in [-0.3, -0.25) is 4.79 Å². The van der Waals surface area contributed by atoms with Gasteiger partial charge in [-0.1, -0.05) is 12.1 Å². The van der Waals surface area contributed by atoms with E-state index in [1.165, 1.54) is 25.3 Å². The molecule has 1 fully saturated rings. The van der Waals surface area contributed by atoms with Crippen LogP contribution in [0.15, 0.2) is 23.2 Å². The highest BCUT2D eigenvalue weighted by atomic mass is 127. The summed E-state index contributed by atoms with van der Waals surface area (Å²) in [6.45, 7) is 8.95. The second-order valence-corrected chi connectivity index (χ2v) is 6.47. The molecule has 0 radical (unpaired) electrons. The van der Waals surface area contributed by atoms with Crippen molar-refractivity contribution >= 4 is 35.8 Å². The number of amides is 1. The highest BCUT2D eigenvalue weighted by molar-refractivity contribution is 14.0. The fourth-order valence-electron chi connectivity index (χ4n) is 2.34. The van der Waals surface area contributed by atoms with E-state index in [1.54, 1.807) is 0 Å². The Kier molecular flexibility index (Phi) is 10.4. The van der Waals surface area contributed by atoms with Crippen molar-refractivity contribution in [1.82, 2.24) is 16.0 Å². The van der Waals surface area contributed by atoms with Crippen LogP contribution in [0.4, 0.5) is 0 Å². The number of rotatable bonds is 9. The topological polar surface area (TPSA) is 74.8 Å². The van der Waals surface area contributed by atoms with Gasteiger partial charge < -0.3 is 20.7 Å². The van der Waals surface area contributed by atoms with E-state index in [0.717, 1.165) is 36.3 Å². The van der Waals surface area contributed by atoms with E-state index in [-0.39, 0.29) is 29.9 Å². The molecule has 0 aromatic heterocycles. The molecule has 1 saturated carbocycles. The molecule has 1 aliphatic carbocycles. The molecule has 26 heavy (non-hydrogen) atoms. The van der Waals surface area contributed by atoms with Gasteiger partial charge in [-0.05, 0) is 44.2 Å². The Morgan fingerprint density at radius 1 is 1.23 bits per heavy atom. The summed E-state index contributed by atoms with van der Waals surface area (Å²) >= 11 is 0. The summed E-state index contributed by atoms with van der Waals surface area (Å²) in [5.74, 6) is 2.37. The fourth-order valence-corrected chi connectivity index (χ4v) is 2.34. The number of guanidine groups is 1. The van der Waals surface area contributed by atoms with Crippen LogP contribution in [0.1, 0.15) is 37.8 Å². The molecular formula is C19H31IN4O2. The van der Waals surface area contributed by atoms with Crippen molar-refractivity contribution in [3.63, 3.8) is 0 Å². The number of carbonyl (C=O) groups excluding carboxylic acids is 1. The quantitative estimate of drug-likeness (QED) is 0.223. The average molecular weight is 474 g/mol. The summed E-state index contributed by atoms with van der Waals surface area (Å²) in [5.41, 5.74) is 2.28. The number of aliphatic imine (C=N–C) groups is 1. The largest absolute Gasteiger partial charge is 0.493 e. The Labute approximate surface area is 173 Å². The molecule has 6 nitrogen and oxygen atoms in total. The molecule has 0 bridgehead atoms. The van der Waals surface area contributed by atoms with E-state index >= 15 is 0 Å². The van der Waals surface area contributed by atoms with E-state index in [9.17, 15) is 4.79 Å². The molecule has 7 heteroatoms. The lowest BCUT2D eigenvalue weighted by Crippen LogP contribution is -2.41. The average Bonchev–Trinajstić information content (AvgIpc) is 3.39. The maximum Gasteiger partial charge on any atom is 0.216 e. The lowest BCUT2D eigenvalue weighted by atomic mass is 10.1. The van der Waals surface area contributed by atoms with Crippen LogP contribution in [0.25, 0.3) is 0 Å². The number of hydrogen-bond acceptors (Lipinski definition) is 3. The molecule has 1 aromatic carbocycles. The van der Waals surface area contributed by atoms with Gasteiger partial charge in [0.25, 0.3) is 0 Å². The Morgan fingerprint density at radius 3 is 2.62 bits per heavy atom. The number of hydrogen-bond donors (Lipinski definition) is 3. The molecule has 2 rings (SSSR count). The molecular weight excluding hydrogens is 443 g/mol. The van der Waals surface area contributed by atoms with E-state index in [2.05, 4.69) is 46.1 Å². The predicted octanol–water partition coefficient (Wildman–Crippen LogP) is 2.59. The third-order valence-electron chi connectivity index (χ3n) is 3.94. The zero-order valence-corrected chi connectivity index (χ0v) is 18.3. The van der Waals surface area contributed by atoms with Crippen molar-refractivity contribution in [3.05, 3.63) is 29.3 Å². The van der Waals surface area contributed by atoms with Crippen LogP contribution in [0, 0.1) is 12.8 Å². The van der Waals surface area contributed by atoms with Crippen LogP contribution in [0.2, 0.25) is 0 Å². The molecule has 0 aliphatic heterocycles. The molecule has 0 heterocycles. The van der Waals surface area contributed by atoms with Gasteiger partial charge in [0.05, 0.1) is 13.2 Å². The van der Waals surface area contributed by atoms with Gasteiger partial charge in [0, 0.05) is 32.1 Å². The highest BCUT2D eigenvalue weighted by Gasteiger charge is 2.22. The summed E-state index contributed by atoms with van der Waals surface area (Å²) in [6, 6.07) is 6.26. The van der Waals surface area contributed by atoms with E-state index in [4.69, 9.17) is 4.74 Å². The van der Waals surface area contributed by atoms with Gasteiger partial charge in [0.15, 0.2) is 5.96 Å². The SMILES string of the molecule is CCNC(=NCc1ccc(C)cc1OCC1CC1)NCCNC(C)=O.I. The van der Waals surface area contributed by atoms with Gasteiger partial charge in [0.1, 0.15) is 5.75 Å². The van der Waals surface area contributed by atoms with Crippen LogP contribution in [0.5, 0.6) is 5.75 Å². The van der Waals surface area contributed by atoms with Crippen LogP contribution >= 0.6 is 24.0 Å². The monoisotopic (exact) mass is 474 g/mol. The van der Waals surface area contributed by atoms with Crippen molar-refractivity contribution in [2.75, 3.05) is 26.2 Å². The summed E-state index contributed by atoms with van der Waals surface area (Å²) in [4.78, 5) is 15.5. The maximum absolute atomic E-state index is 10.9. The van der Waals surface area contributed by atoms with E-state index in [1.807, 2.05) is 6.92 Å². The number of nitrogens with zero attached hydrogens (tertiary/aromatic N) is 1. The molecule has 0 atom stereocenters. The number of aryl methyl sites for hydroxylation is 1. The lowest BCUT2D eigenvalue weighted by molar-refractivity contribution is -0.118. The second kappa shape index (κ2) is 12.0. The van der Waals surface area contributed by atoms with Gasteiger partial charge in [0.2, 0.25) is 5.91 Å². The highest BCUT2D eigenvalue weighted by Crippen LogP contribution is 2.30. The minimum atomic E-state index is -0.0270. The Hall–Kier alpha value is -1.51. The zero-order valence-electron chi connectivity index (χ0n) is 15.9. The van der Waals surface area contributed by atoms with Gasteiger partial charge >= 0.3 is 0 Å². The Bertz CT molecular complexity index is 603. The molecule has 0 spiro atoms. The fraction of sp³-hybridized carbons (Fsp3) is 0.579. The number of carbonyl (C=O) groups is 1. The molecule has 0 saturated heterocycles. The van der Waals surface area contributed by atoms with Crippen LogP contribution < -0.4 is 20.7 Å². The van der Waals surface area contributed by atoms with Crippen molar-refractivity contribution in [2.24, 2.45) is 10.9 Å². The zero-order chi connectivity index (χ0) is 18.1. The number of nitrogens with one attached hydrogen (secondary N) is 3.